The van der Waals surface area contributed by atoms with Crippen molar-refractivity contribution in [2.45, 2.75) is 44.9 Å². The van der Waals surface area contributed by atoms with Crippen LogP contribution in [0.15, 0.2) is 0 Å². The Kier molecular flexibility index (Phi) is 4.99. The molecule has 0 bridgehead atoms. The molecule has 2 saturated carbocycles. The lowest BCUT2D eigenvalue weighted by Gasteiger charge is -2.11. The van der Waals surface area contributed by atoms with E-state index >= 15 is 0 Å². The molecule has 108 valence electrons. The Balaban J connectivity index is 1.54. The van der Waals surface area contributed by atoms with Crippen LogP contribution in [0.4, 0.5) is 0 Å². The number of hydrogen-bond donors (Lipinski definition) is 1. The number of amides is 1. The van der Waals surface area contributed by atoms with Crippen LogP contribution in [0.1, 0.15) is 44.9 Å². The molecule has 1 N–H and O–H groups in total. The molecule has 6 heteroatoms. The van der Waals surface area contributed by atoms with Gasteiger partial charge in [-0.3, -0.25) is 4.79 Å². The number of rotatable bonds is 7. The normalized spacial score (nSPS) is 28.9. The van der Waals surface area contributed by atoms with Crippen molar-refractivity contribution in [2.75, 3.05) is 13.2 Å². The van der Waals surface area contributed by atoms with Gasteiger partial charge in [0.2, 0.25) is 5.91 Å². The largest absolute Gasteiger partial charge is 0.356 e. The summed E-state index contributed by atoms with van der Waals surface area (Å²) >= 11 is 0. The van der Waals surface area contributed by atoms with Crippen LogP contribution < -0.4 is 5.32 Å². The molecule has 0 aromatic rings. The second kappa shape index (κ2) is 6.73. The van der Waals surface area contributed by atoms with Crippen LogP contribution in [0.5, 0.6) is 0 Å². The van der Waals surface area contributed by atoms with Crippen molar-refractivity contribution >= 4 is 5.91 Å². The third-order valence-electron chi connectivity index (χ3n) is 4.43. The van der Waals surface area contributed by atoms with Crippen LogP contribution in [0, 0.1) is 27.9 Å². The molecule has 0 spiro atoms. The van der Waals surface area contributed by atoms with Crippen LogP contribution in [-0.4, -0.2) is 24.1 Å². The van der Waals surface area contributed by atoms with Gasteiger partial charge in [0.15, 0.2) is 0 Å². The summed E-state index contributed by atoms with van der Waals surface area (Å²) in [5.41, 5.74) is 0. The van der Waals surface area contributed by atoms with Crippen LogP contribution in [-0.2, 0) is 9.63 Å². The molecule has 2 rings (SSSR count). The van der Waals surface area contributed by atoms with E-state index in [-0.39, 0.29) is 18.4 Å². The molecular formula is C13H22N2O4. The second-order valence-corrected chi connectivity index (χ2v) is 5.67. The van der Waals surface area contributed by atoms with Crippen molar-refractivity contribution in [3.05, 3.63) is 10.1 Å². The lowest BCUT2D eigenvalue weighted by Crippen LogP contribution is -2.30. The minimum atomic E-state index is -0.782. The maximum Gasteiger partial charge on any atom is 0.294 e. The van der Waals surface area contributed by atoms with E-state index in [0.29, 0.717) is 13.0 Å². The molecule has 1 amide bonds. The molecule has 0 heterocycles. The van der Waals surface area contributed by atoms with Gasteiger partial charge in [-0.25, -0.2) is 0 Å². The van der Waals surface area contributed by atoms with Crippen LogP contribution in [0.25, 0.3) is 0 Å². The highest BCUT2D eigenvalue weighted by atomic mass is 16.9. The second-order valence-electron chi connectivity index (χ2n) is 5.67. The Morgan fingerprint density at radius 1 is 1.26 bits per heavy atom. The first kappa shape index (κ1) is 14.1. The predicted octanol–water partition coefficient (Wildman–Crippen LogP) is 1.92. The fourth-order valence-corrected chi connectivity index (χ4v) is 3.50. The highest BCUT2D eigenvalue weighted by Gasteiger charge is 2.39. The van der Waals surface area contributed by atoms with E-state index in [9.17, 15) is 14.9 Å². The number of nitrogens with zero attached hydrogens (tertiary/aromatic N) is 1. The molecule has 0 aromatic carbocycles. The van der Waals surface area contributed by atoms with Crippen molar-refractivity contribution in [3.63, 3.8) is 0 Å². The third-order valence-corrected chi connectivity index (χ3v) is 4.43. The Labute approximate surface area is 113 Å². The summed E-state index contributed by atoms with van der Waals surface area (Å²) in [7, 11) is 0. The van der Waals surface area contributed by atoms with E-state index in [1.54, 1.807) is 0 Å². The van der Waals surface area contributed by atoms with E-state index in [1.165, 1.54) is 19.3 Å². The van der Waals surface area contributed by atoms with Gasteiger partial charge in [0.1, 0.15) is 0 Å². The zero-order valence-electron chi connectivity index (χ0n) is 11.2. The van der Waals surface area contributed by atoms with Gasteiger partial charge in [0.05, 0.1) is 6.61 Å². The van der Waals surface area contributed by atoms with Crippen molar-refractivity contribution in [1.82, 2.24) is 5.32 Å². The van der Waals surface area contributed by atoms with Crippen LogP contribution in [0.2, 0.25) is 0 Å². The highest BCUT2D eigenvalue weighted by Crippen LogP contribution is 2.46. The molecule has 0 aliphatic heterocycles. The molecular weight excluding hydrogens is 248 g/mol. The summed E-state index contributed by atoms with van der Waals surface area (Å²) in [5.74, 6) is 1.93. The van der Waals surface area contributed by atoms with E-state index in [4.69, 9.17) is 0 Å². The quantitative estimate of drug-likeness (QED) is 0.435. The average Bonchev–Trinajstić information content (AvgIpc) is 2.93. The number of carbonyl (C=O) groups is 1. The fourth-order valence-electron chi connectivity index (χ4n) is 3.50. The lowest BCUT2D eigenvalue weighted by atomic mass is 10.0. The maximum atomic E-state index is 12.0. The molecule has 19 heavy (non-hydrogen) atoms. The molecule has 3 atom stereocenters. The van der Waals surface area contributed by atoms with Gasteiger partial charge in [0.25, 0.3) is 5.09 Å². The summed E-state index contributed by atoms with van der Waals surface area (Å²) in [6, 6.07) is 0. The van der Waals surface area contributed by atoms with E-state index < -0.39 is 5.09 Å². The Hall–Kier alpha value is -1.33. The topological polar surface area (TPSA) is 81.5 Å². The molecule has 1 unspecified atom stereocenters. The molecule has 0 radical (unpaired) electrons. The third kappa shape index (κ3) is 4.08. The molecule has 0 aromatic heterocycles. The van der Waals surface area contributed by atoms with E-state index in [0.717, 1.165) is 31.1 Å². The SMILES string of the molecule is O=C(NCCCCO[N+](=O)[O-])C1C[C@H]2CCC[C@H]2C1. The molecule has 2 aliphatic rings. The Morgan fingerprint density at radius 2 is 1.95 bits per heavy atom. The zero-order valence-corrected chi connectivity index (χ0v) is 11.2. The van der Waals surface area contributed by atoms with Crippen LogP contribution >= 0.6 is 0 Å². The van der Waals surface area contributed by atoms with Gasteiger partial charge in [0, 0.05) is 12.5 Å². The van der Waals surface area contributed by atoms with E-state index in [1.807, 2.05) is 0 Å². The van der Waals surface area contributed by atoms with Crippen molar-refractivity contribution in [3.8, 4) is 0 Å². The van der Waals surface area contributed by atoms with Crippen molar-refractivity contribution in [2.24, 2.45) is 17.8 Å². The van der Waals surface area contributed by atoms with Gasteiger partial charge in [-0.2, -0.15) is 0 Å². The summed E-state index contributed by atoms with van der Waals surface area (Å²) < 4.78 is 0. The van der Waals surface area contributed by atoms with Gasteiger partial charge in [-0.05, 0) is 37.5 Å². The molecule has 6 nitrogen and oxygen atoms in total. The summed E-state index contributed by atoms with van der Waals surface area (Å²) in [6.07, 6.45) is 7.36. The summed E-state index contributed by atoms with van der Waals surface area (Å²) in [5, 5.41) is 12.1. The van der Waals surface area contributed by atoms with Crippen LogP contribution in [0.3, 0.4) is 0 Å². The molecule has 0 saturated heterocycles. The number of fused-ring (bicyclic) bond motifs is 1. The fraction of sp³-hybridized carbons (Fsp3) is 0.923. The number of carbonyl (C=O) groups excluding carboxylic acids is 1. The highest BCUT2D eigenvalue weighted by molar-refractivity contribution is 5.78. The number of nitrogens with one attached hydrogen (secondary N) is 1. The first-order chi connectivity index (χ1) is 9.16. The van der Waals surface area contributed by atoms with Gasteiger partial charge < -0.3 is 10.2 Å². The van der Waals surface area contributed by atoms with Gasteiger partial charge in [-0.15, -0.1) is 10.1 Å². The molecule has 2 aliphatic carbocycles. The zero-order chi connectivity index (χ0) is 13.7. The standard InChI is InChI=1S/C13H22N2O4/c16-13(14-6-1-2-7-19-15(17)18)12-8-10-4-3-5-11(10)9-12/h10-12H,1-9H2,(H,14,16)/t10-,11+,12?. The van der Waals surface area contributed by atoms with Gasteiger partial charge in [-0.1, -0.05) is 19.3 Å². The summed E-state index contributed by atoms with van der Waals surface area (Å²) in [6.45, 7) is 0.697. The molecule has 2 fully saturated rings. The van der Waals surface area contributed by atoms with E-state index in [2.05, 4.69) is 10.2 Å². The monoisotopic (exact) mass is 270 g/mol. The Bertz CT molecular complexity index is 323. The summed E-state index contributed by atoms with van der Waals surface area (Å²) in [4.78, 5) is 26.1. The predicted molar refractivity (Wildman–Crippen MR) is 68.7 cm³/mol. The van der Waals surface area contributed by atoms with Crippen molar-refractivity contribution < 1.29 is 14.7 Å². The Morgan fingerprint density at radius 3 is 2.58 bits per heavy atom. The van der Waals surface area contributed by atoms with Gasteiger partial charge >= 0.3 is 0 Å². The first-order valence-electron chi connectivity index (χ1n) is 7.22. The number of unbranched alkanes of at least 4 members (excludes halogenated alkanes) is 1. The smallest absolute Gasteiger partial charge is 0.294 e. The maximum absolute atomic E-state index is 12.0. The number of hydrogen-bond acceptors (Lipinski definition) is 4. The first-order valence-corrected chi connectivity index (χ1v) is 7.22. The minimum absolute atomic E-state index is 0.108. The van der Waals surface area contributed by atoms with Crippen molar-refractivity contribution in [1.29, 1.82) is 0 Å². The minimum Gasteiger partial charge on any atom is -0.356 e. The lowest BCUT2D eigenvalue weighted by molar-refractivity contribution is -0.757. The average molecular weight is 270 g/mol.